The molecular formula is C13H19N3O2. The lowest BCUT2D eigenvalue weighted by molar-refractivity contribution is -0.00220. The van der Waals surface area contributed by atoms with Gasteiger partial charge in [0.05, 0.1) is 12.1 Å². The molecule has 3 rings (SSSR count). The van der Waals surface area contributed by atoms with Gasteiger partial charge in [0.2, 0.25) is 0 Å². The van der Waals surface area contributed by atoms with Crippen LogP contribution in [0.5, 0.6) is 0 Å². The molecule has 0 bridgehead atoms. The van der Waals surface area contributed by atoms with Crippen LogP contribution in [-0.2, 0) is 11.8 Å². The first-order valence-corrected chi connectivity index (χ1v) is 6.53. The van der Waals surface area contributed by atoms with Crippen LogP contribution in [-0.4, -0.2) is 41.8 Å². The van der Waals surface area contributed by atoms with Crippen molar-refractivity contribution in [2.75, 3.05) is 13.2 Å². The summed E-state index contributed by atoms with van der Waals surface area (Å²) in [5.74, 6) is -0.0240. The van der Waals surface area contributed by atoms with Gasteiger partial charge in [0.25, 0.3) is 5.91 Å². The molecule has 3 atom stereocenters. The summed E-state index contributed by atoms with van der Waals surface area (Å²) in [4.78, 5) is 12.1. The van der Waals surface area contributed by atoms with Crippen LogP contribution in [0.15, 0.2) is 18.3 Å². The molecule has 2 aliphatic rings. The molecule has 5 heteroatoms. The molecule has 3 heterocycles. The van der Waals surface area contributed by atoms with Gasteiger partial charge in [-0.15, -0.1) is 0 Å². The van der Waals surface area contributed by atoms with Gasteiger partial charge in [-0.25, -0.2) is 0 Å². The van der Waals surface area contributed by atoms with Crippen molar-refractivity contribution in [3.63, 3.8) is 0 Å². The van der Waals surface area contributed by atoms with Crippen molar-refractivity contribution < 1.29 is 9.53 Å². The number of fused-ring (bicyclic) bond motifs is 1. The standard InChI is InChI=1S/C13H19N3O2/c1-16-6-2-5-11(16)13(17)15-10-8-14-9-4-3-7-18-12(9)10/h2,5-6,9-10,12,14H,3-4,7-8H2,1H3,(H,15,17)/t9-,10-,12+/m1/s1. The van der Waals surface area contributed by atoms with Gasteiger partial charge in [-0.1, -0.05) is 0 Å². The number of amides is 1. The van der Waals surface area contributed by atoms with Crippen LogP contribution in [0.25, 0.3) is 0 Å². The molecule has 0 spiro atoms. The van der Waals surface area contributed by atoms with E-state index in [9.17, 15) is 4.79 Å². The first-order chi connectivity index (χ1) is 8.75. The Morgan fingerprint density at radius 2 is 2.50 bits per heavy atom. The molecule has 0 aromatic carbocycles. The fraction of sp³-hybridized carbons (Fsp3) is 0.615. The zero-order valence-corrected chi connectivity index (χ0v) is 10.6. The third-order valence-electron chi connectivity index (χ3n) is 3.86. The number of rotatable bonds is 2. The molecule has 2 aliphatic heterocycles. The van der Waals surface area contributed by atoms with Gasteiger partial charge in [0.15, 0.2) is 0 Å². The summed E-state index contributed by atoms with van der Waals surface area (Å²) >= 11 is 0. The van der Waals surface area contributed by atoms with Crippen molar-refractivity contribution in [3.05, 3.63) is 24.0 Å². The summed E-state index contributed by atoms with van der Waals surface area (Å²) in [6.45, 7) is 1.60. The highest BCUT2D eigenvalue weighted by molar-refractivity contribution is 5.93. The van der Waals surface area contributed by atoms with Crippen LogP contribution < -0.4 is 10.6 Å². The molecule has 2 N–H and O–H groups in total. The zero-order chi connectivity index (χ0) is 12.5. The molecule has 1 amide bonds. The lowest BCUT2D eigenvalue weighted by Gasteiger charge is -2.29. The molecule has 98 valence electrons. The summed E-state index contributed by atoms with van der Waals surface area (Å²) in [6.07, 6.45) is 4.25. The van der Waals surface area contributed by atoms with Crippen molar-refractivity contribution in [3.8, 4) is 0 Å². The van der Waals surface area contributed by atoms with Crippen molar-refractivity contribution in [1.29, 1.82) is 0 Å². The molecule has 0 unspecified atom stereocenters. The number of carbonyl (C=O) groups is 1. The lowest BCUT2D eigenvalue weighted by Crippen LogP contribution is -2.47. The van der Waals surface area contributed by atoms with Crippen LogP contribution in [0.4, 0.5) is 0 Å². The number of nitrogens with one attached hydrogen (secondary N) is 2. The molecule has 18 heavy (non-hydrogen) atoms. The summed E-state index contributed by atoms with van der Waals surface area (Å²) in [5, 5.41) is 6.50. The molecule has 2 fully saturated rings. The summed E-state index contributed by atoms with van der Waals surface area (Å²) in [6, 6.07) is 4.19. The van der Waals surface area contributed by atoms with Crippen molar-refractivity contribution in [2.24, 2.45) is 7.05 Å². The SMILES string of the molecule is Cn1cccc1C(=O)N[C@@H]1CN[C@@H]2CCCO[C@@H]21. The van der Waals surface area contributed by atoms with E-state index in [-0.39, 0.29) is 18.1 Å². The Bertz CT molecular complexity index is 443. The molecule has 2 saturated heterocycles. The van der Waals surface area contributed by atoms with E-state index in [4.69, 9.17) is 4.74 Å². The Morgan fingerprint density at radius 3 is 3.28 bits per heavy atom. The number of nitrogens with zero attached hydrogens (tertiary/aromatic N) is 1. The fourth-order valence-corrected chi connectivity index (χ4v) is 2.88. The first-order valence-electron chi connectivity index (χ1n) is 6.53. The van der Waals surface area contributed by atoms with Crippen LogP contribution in [0.3, 0.4) is 0 Å². The monoisotopic (exact) mass is 249 g/mol. The Balaban J connectivity index is 1.66. The van der Waals surface area contributed by atoms with Gasteiger partial charge in [0.1, 0.15) is 5.69 Å². The van der Waals surface area contributed by atoms with Gasteiger partial charge >= 0.3 is 0 Å². The second-order valence-electron chi connectivity index (χ2n) is 5.08. The Labute approximate surface area is 106 Å². The molecule has 5 nitrogen and oxygen atoms in total. The third kappa shape index (κ3) is 2.04. The second kappa shape index (κ2) is 4.74. The van der Waals surface area contributed by atoms with Gasteiger partial charge in [-0.3, -0.25) is 4.79 Å². The van der Waals surface area contributed by atoms with Crippen molar-refractivity contribution >= 4 is 5.91 Å². The highest BCUT2D eigenvalue weighted by Crippen LogP contribution is 2.21. The van der Waals surface area contributed by atoms with Gasteiger partial charge in [-0.05, 0) is 25.0 Å². The number of aromatic nitrogens is 1. The first kappa shape index (κ1) is 11.7. The molecule has 0 radical (unpaired) electrons. The molecule has 1 aromatic rings. The summed E-state index contributed by atoms with van der Waals surface area (Å²) in [5.41, 5.74) is 0.689. The third-order valence-corrected chi connectivity index (χ3v) is 3.86. The van der Waals surface area contributed by atoms with E-state index in [1.165, 1.54) is 0 Å². The van der Waals surface area contributed by atoms with E-state index in [2.05, 4.69) is 10.6 Å². The smallest absolute Gasteiger partial charge is 0.268 e. The highest BCUT2D eigenvalue weighted by atomic mass is 16.5. The summed E-state index contributed by atoms with van der Waals surface area (Å²) in [7, 11) is 1.88. The minimum Gasteiger partial charge on any atom is -0.374 e. The normalized spacial score (nSPS) is 31.1. The quantitative estimate of drug-likeness (QED) is 0.791. The van der Waals surface area contributed by atoms with Crippen LogP contribution in [0, 0.1) is 0 Å². The molecule has 1 aromatic heterocycles. The average molecular weight is 249 g/mol. The average Bonchev–Trinajstić information content (AvgIpc) is 2.97. The van der Waals surface area contributed by atoms with Gasteiger partial charge in [-0.2, -0.15) is 0 Å². The minimum absolute atomic E-state index is 0.0240. The van der Waals surface area contributed by atoms with E-state index in [0.29, 0.717) is 11.7 Å². The Morgan fingerprint density at radius 1 is 1.61 bits per heavy atom. The van der Waals surface area contributed by atoms with Gasteiger partial charge in [0, 0.05) is 32.4 Å². The maximum atomic E-state index is 12.1. The highest BCUT2D eigenvalue weighted by Gasteiger charge is 2.39. The van der Waals surface area contributed by atoms with Gasteiger partial charge < -0.3 is 19.9 Å². The predicted molar refractivity (Wildman–Crippen MR) is 67.4 cm³/mol. The minimum atomic E-state index is -0.0240. The van der Waals surface area contributed by atoms with Crippen molar-refractivity contribution in [1.82, 2.24) is 15.2 Å². The van der Waals surface area contributed by atoms with E-state index < -0.39 is 0 Å². The maximum absolute atomic E-state index is 12.1. The topological polar surface area (TPSA) is 55.3 Å². The number of hydrogen-bond donors (Lipinski definition) is 2. The fourth-order valence-electron chi connectivity index (χ4n) is 2.88. The van der Waals surface area contributed by atoms with E-state index in [1.54, 1.807) is 0 Å². The number of carbonyl (C=O) groups excluding carboxylic acids is 1. The van der Waals surface area contributed by atoms with E-state index in [1.807, 2.05) is 29.9 Å². The Kier molecular flexibility index (Phi) is 3.09. The van der Waals surface area contributed by atoms with E-state index in [0.717, 1.165) is 26.0 Å². The van der Waals surface area contributed by atoms with E-state index >= 15 is 0 Å². The summed E-state index contributed by atoms with van der Waals surface area (Å²) < 4.78 is 7.61. The van der Waals surface area contributed by atoms with Crippen LogP contribution in [0.2, 0.25) is 0 Å². The maximum Gasteiger partial charge on any atom is 0.268 e. The number of aryl methyl sites for hydroxylation is 1. The van der Waals surface area contributed by atoms with Crippen molar-refractivity contribution in [2.45, 2.75) is 31.0 Å². The van der Waals surface area contributed by atoms with Crippen LogP contribution in [0.1, 0.15) is 23.3 Å². The lowest BCUT2D eigenvalue weighted by atomic mass is 10.0. The largest absolute Gasteiger partial charge is 0.374 e. The molecule has 0 aliphatic carbocycles. The second-order valence-corrected chi connectivity index (χ2v) is 5.08. The molecule has 0 saturated carbocycles. The molecular weight excluding hydrogens is 230 g/mol. The predicted octanol–water partition coefficient (Wildman–Crippen LogP) is 0.274. The zero-order valence-electron chi connectivity index (χ0n) is 10.6. The number of hydrogen-bond acceptors (Lipinski definition) is 3. The number of ether oxygens (including phenoxy) is 1. The van der Waals surface area contributed by atoms with Crippen LogP contribution >= 0.6 is 0 Å². The Hall–Kier alpha value is -1.33.